The van der Waals surface area contributed by atoms with Gasteiger partial charge in [0.05, 0.1) is 6.61 Å². The van der Waals surface area contributed by atoms with E-state index >= 15 is 0 Å². The highest BCUT2D eigenvalue weighted by Crippen LogP contribution is 2.13. The summed E-state index contributed by atoms with van der Waals surface area (Å²) in [5, 5.41) is 0. The highest BCUT2D eigenvalue weighted by molar-refractivity contribution is 5.74. The Hall–Kier alpha value is -0.570. The van der Waals surface area contributed by atoms with E-state index in [9.17, 15) is 4.79 Å². The number of esters is 1. The summed E-state index contributed by atoms with van der Waals surface area (Å²) in [6, 6.07) is 0. The maximum absolute atomic E-state index is 11.2. The lowest BCUT2D eigenvalue weighted by Gasteiger charge is -2.08. The Morgan fingerprint density at radius 1 is 1.67 bits per heavy atom. The molecule has 1 rings (SSSR count). The summed E-state index contributed by atoms with van der Waals surface area (Å²) in [6.45, 7) is 3.31. The Kier molecular flexibility index (Phi) is 4.08. The van der Waals surface area contributed by atoms with Crippen molar-refractivity contribution in [3.05, 3.63) is 0 Å². The fourth-order valence-electron chi connectivity index (χ4n) is 1.17. The molecular weight excluding hydrogens is 156 g/mol. The predicted molar refractivity (Wildman–Crippen MR) is 44.8 cm³/mol. The van der Waals surface area contributed by atoms with Gasteiger partial charge in [-0.1, -0.05) is 13.3 Å². The summed E-state index contributed by atoms with van der Waals surface area (Å²) < 4.78 is 10.2. The van der Waals surface area contributed by atoms with Crippen molar-refractivity contribution in [3.63, 3.8) is 0 Å². The van der Waals surface area contributed by atoms with Gasteiger partial charge in [-0.15, -0.1) is 0 Å². The molecule has 0 amide bonds. The average molecular weight is 172 g/mol. The van der Waals surface area contributed by atoms with Crippen molar-refractivity contribution in [2.75, 3.05) is 13.2 Å². The van der Waals surface area contributed by atoms with E-state index in [-0.39, 0.29) is 12.1 Å². The zero-order valence-electron chi connectivity index (χ0n) is 7.54. The molecule has 0 spiro atoms. The average Bonchev–Trinajstić information content (AvgIpc) is 2.56. The van der Waals surface area contributed by atoms with E-state index in [1.54, 1.807) is 0 Å². The molecule has 0 saturated carbocycles. The number of ether oxygens (including phenoxy) is 2. The minimum atomic E-state index is -0.276. The maximum atomic E-state index is 11.2. The molecule has 1 atom stereocenters. The summed E-state index contributed by atoms with van der Waals surface area (Å²) in [6.07, 6.45) is 3.53. The van der Waals surface area contributed by atoms with Gasteiger partial charge < -0.3 is 9.47 Å². The largest absolute Gasteiger partial charge is 0.464 e. The predicted octanol–water partition coefficient (Wildman–Crippen LogP) is 1.51. The normalized spacial score (nSPS) is 22.6. The van der Waals surface area contributed by atoms with Crippen LogP contribution in [-0.4, -0.2) is 25.3 Å². The first-order valence-corrected chi connectivity index (χ1v) is 4.63. The van der Waals surface area contributed by atoms with Crippen LogP contribution < -0.4 is 0 Å². The molecule has 1 aliphatic heterocycles. The first-order chi connectivity index (χ1) is 5.84. The lowest BCUT2D eigenvalue weighted by atomic mass is 10.2. The molecule has 12 heavy (non-hydrogen) atoms. The third-order valence-corrected chi connectivity index (χ3v) is 1.93. The van der Waals surface area contributed by atoms with Gasteiger partial charge >= 0.3 is 5.97 Å². The molecule has 0 aromatic rings. The Morgan fingerprint density at radius 2 is 2.50 bits per heavy atom. The van der Waals surface area contributed by atoms with Crippen molar-refractivity contribution in [2.45, 2.75) is 38.7 Å². The van der Waals surface area contributed by atoms with E-state index < -0.39 is 0 Å². The number of carbonyl (C=O) groups excluding carboxylic acids is 1. The van der Waals surface area contributed by atoms with Crippen LogP contribution in [0.2, 0.25) is 0 Å². The second-order valence-corrected chi connectivity index (χ2v) is 3.02. The number of carbonyl (C=O) groups is 1. The second-order valence-electron chi connectivity index (χ2n) is 3.02. The van der Waals surface area contributed by atoms with Crippen molar-refractivity contribution >= 4 is 5.97 Å². The summed E-state index contributed by atoms with van der Waals surface area (Å²) >= 11 is 0. The third-order valence-electron chi connectivity index (χ3n) is 1.93. The van der Waals surface area contributed by atoms with Crippen LogP contribution in [0, 0.1) is 0 Å². The Morgan fingerprint density at radius 3 is 3.08 bits per heavy atom. The van der Waals surface area contributed by atoms with Gasteiger partial charge in [-0.2, -0.15) is 0 Å². The number of hydrogen-bond acceptors (Lipinski definition) is 3. The van der Waals surface area contributed by atoms with Gasteiger partial charge in [-0.05, 0) is 19.3 Å². The minimum absolute atomic E-state index is 0.180. The van der Waals surface area contributed by atoms with E-state index in [1.807, 2.05) is 0 Å². The Balaban J connectivity index is 2.10. The number of rotatable bonds is 4. The smallest absolute Gasteiger partial charge is 0.335 e. The van der Waals surface area contributed by atoms with Gasteiger partial charge in [0.15, 0.2) is 6.10 Å². The van der Waals surface area contributed by atoms with Gasteiger partial charge in [0.2, 0.25) is 0 Å². The molecule has 0 aliphatic carbocycles. The van der Waals surface area contributed by atoms with E-state index in [1.165, 1.54) is 0 Å². The van der Waals surface area contributed by atoms with Gasteiger partial charge in [0, 0.05) is 6.61 Å². The zero-order valence-corrected chi connectivity index (χ0v) is 7.54. The van der Waals surface area contributed by atoms with Crippen LogP contribution >= 0.6 is 0 Å². The molecule has 1 unspecified atom stereocenters. The van der Waals surface area contributed by atoms with Gasteiger partial charge in [-0.3, -0.25) is 0 Å². The van der Waals surface area contributed by atoms with Crippen molar-refractivity contribution in [1.29, 1.82) is 0 Å². The zero-order chi connectivity index (χ0) is 8.81. The topological polar surface area (TPSA) is 35.5 Å². The number of hydrogen-bond donors (Lipinski definition) is 0. The molecule has 3 heteroatoms. The third kappa shape index (κ3) is 2.81. The lowest BCUT2D eigenvalue weighted by molar-refractivity contribution is -0.154. The van der Waals surface area contributed by atoms with E-state index in [0.717, 1.165) is 25.7 Å². The quantitative estimate of drug-likeness (QED) is 0.476. The molecule has 1 aliphatic rings. The van der Waals surface area contributed by atoms with Crippen LogP contribution in [0.4, 0.5) is 0 Å². The number of unbranched alkanes of at least 4 members (excludes halogenated alkanes) is 1. The summed E-state index contributed by atoms with van der Waals surface area (Å²) in [5.41, 5.74) is 0. The van der Waals surface area contributed by atoms with Crippen LogP contribution in [0.1, 0.15) is 32.6 Å². The van der Waals surface area contributed by atoms with E-state index in [4.69, 9.17) is 9.47 Å². The maximum Gasteiger partial charge on any atom is 0.335 e. The summed E-state index contributed by atoms with van der Waals surface area (Å²) in [4.78, 5) is 11.2. The molecule has 3 nitrogen and oxygen atoms in total. The van der Waals surface area contributed by atoms with Crippen LogP contribution in [0.25, 0.3) is 0 Å². The van der Waals surface area contributed by atoms with Gasteiger partial charge in [-0.25, -0.2) is 4.79 Å². The molecular formula is C9H16O3. The first kappa shape index (κ1) is 9.52. The van der Waals surface area contributed by atoms with E-state index in [2.05, 4.69) is 6.92 Å². The van der Waals surface area contributed by atoms with Crippen molar-refractivity contribution in [2.24, 2.45) is 0 Å². The monoisotopic (exact) mass is 172 g/mol. The molecule has 1 fully saturated rings. The van der Waals surface area contributed by atoms with Gasteiger partial charge in [0.1, 0.15) is 0 Å². The van der Waals surface area contributed by atoms with Crippen molar-refractivity contribution in [1.82, 2.24) is 0 Å². The van der Waals surface area contributed by atoms with E-state index in [0.29, 0.717) is 13.2 Å². The minimum Gasteiger partial charge on any atom is -0.464 e. The highest BCUT2D eigenvalue weighted by Gasteiger charge is 2.24. The Bertz CT molecular complexity index is 139. The standard InChI is InChI=1S/C9H16O3/c1-2-3-6-12-9(10)8-5-4-7-11-8/h8H,2-7H2,1H3. The van der Waals surface area contributed by atoms with Gasteiger partial charge in [0.25, 0.3) is 0 Å². The fraction of sp³-hybridized carbons (Fsp3) is 0.889. The van der Waals surface area contributed by atoms with Crippen molar-refractivity contribution < 1.29 is 14.3 Å². The molecule has 70 valence electrons. The summed E-state index contributed by atoms with van der Waals surface area (Å²) in [5.74, 6) is -0.180. The fourth-order valence-corrected chi connectivity index (χ4v) is 1.17. The highest BCUT2D eigenvalue weighted by atomic mass is 16.6. The SMILES string of the molecule is CCCCOC(=O)C1CCCO1. The first-order valence-electron chi connectivity index (χ1n) is 4.63. The molecule has 1 saturated heterocycles. The van der Waals surface area contributed by atoms with Crippen LogP contribution in [-0.2, 0) is 14.3 Å². The van der Waals surface area contributed by atoms with Crippen LogP contribution in [0.15, 0.2) is 0 Å². The Labute approximate surface area is 73.0 Å². The molecule has 0 bridgehead atoms. The second kappa shape index (κ2) is 5.14. The molecule has 0 radical (unpaired) electrons. The van der Waals surface area contributed by atoms with Crippen LogP contribution in [0.5, 0.6) is 0 Å². The van der Waals surface area contributed by atoms with Crippen LogP contribution in [0.3, 0.4) is 0 Å². The van der Waals surface area contributed by atoms with Crippen molar-refractivity contribution in [3.8, 4) is 0 Å². The molecule has 0 N–H and O–H groups in total. The lowest BCUT2D eigenvalue weighted by Crippen LogP contribution is -2.22. The molecule has 0 aromatic carbocycles. The molecule has 0 aromatic heterocycles. The molecule has 1 heterocycles. The summed E-state index contributed by atoms with van der Waals surface area (Å²) in [7, 11) is 0.